The van der Waals surface area contributed by atoms with Gasteiger partial charge in [0.25, 0.3) is 0 Å². The van der Waals surface area contributed by atoms with Crippen molar-refractivity contribution < 1.29 is 0 Å². The van der Waals surface area contributed by atoms with Gasteiger partial charge in [-0.2, -0.15) is 0 Å². The topological polar surface area (TPSA) is 29.0 Å². The summed E-state index contributed by atoms with van der Waals surface area (Å²) in [6.45, 7) is 0. The molecule has 0 radical (unpaired) electrons. The van der Waals surface area contributed by atoms with Crippen LogP contribution in [0.4, 0.5) is 17.2 Å². The lowest BCUT2D eigenvalue weighted by molar-refractivity contribution is 1.14. The summed E-state index contributed by atoms with van der Waals surface area (Å²) in [6, 6.07) is 42.7. The van der Waals surface area contributed by atoms with E-state index in [1.54, 1.807) is 6.33 Å². The molecule has 1 aromatic heterocycles. The lowest BCUT2D eigenvalue weighted by Crippen LogP contribution is -2.16. The molecule has 5 aromatic carbocycles. The van der Waals surface area contributed by atoms with E-state index in [0.29, 0.717) is 0 Å². The first-order chi connectivity index (χ1) is 17.4. The van der Waals surface area contributed by atoms with E-state index in [4.69, 9.17) is 4.98 Å². The molecule has 1 aliphatic rings. The summed E-state index contributed by atoms with van der Waals surface area (Å²) in [4.78, 5) is 11.7. The highest BCUT2D eigenvalue weighted by Gasteiger charge is 2.27. The van der Waals surface area contributed by atoms with Crippen LogP contribution in [0.1, 0.15) is 0 Å². The predicted octanol–water partition coefficient (Wildman–Crippen LogP) is 8.41. The van der Waals surface area contributed by atoms with Gasteiger partial charge in [0.15, 0.2) is 0 Å². The molecule has 0 saturated heterocycles. The SMILES string of the molecule is c1ccc(-c2ccc(N3c4ccccc4-c4cc(-c5ccccc5)cc5ncnc3c45)cc2)cc1. The molecule has 0 bridgehead atoms. The molecule has 0 amide bonds. The molecule has 6 aromatic rings. The van der Waals surface area contributed by atoms with E-state index in [-0.39, 0.29) is 0 Å². The second-order valence-electron chi connectivity index (χ2n) is 8.75. The fraction of sp³-hybridized carbons (Fsp3) is 0. The van der Waals surface area contributed by atoms with Crippen molar-refractivity contribution in [3.8, 4) is 33.4 Å². The second-order valence-corrected chi connectivity index (χ2v) is 8.75. The quantitative estimate of drug-likeness (QED) is 0.272. The molecule has 7 rings (SSSR count). The van der Waals surface area contributed by atoms with Crippen LogP contribution in [0, 0.1) is 0 Å². The van der Waals surface area contributed by atoms with Crippen LogP contribution in [0.3, 0.4) is 0 Å². The van der Waals surface area contributed by atoms with E-state index in [1.807, 2.05) is 12.1 Å². The lowest BCUT2D eigenvalue weighted by atomic mass is 9.91. The lowest BCUT2D eigenvalue weighted by Gasteiger charge is -2.32. The fourth-order valence-corrected chi connectivity index (χ4v) is 5.06. The van der Waals surface area contributed by atoms with Gasteiger partial charge < -0.3 is 0 Å². The van der Waals surface area contributed by atoms with Crippen LogP contribution in [0.5, 0.6) is 0 Å². The predicted molar refractivity (Wildman–Crippen MR) is 144 cm³/mol. The smallest absolute Gasteiger partial charge is 0.149 e. The van der Waals surface area contributed by atoms with Crippen molar-refractivity contribution in [1.29, 1.82) is 0 Å². The van der Waals surface area contributed by atoms with Crippen molar-refractivity contribution in [3.63, 3.8) is 0 Å². The third-order valence-electron chi connectivity index (χ3n) is 6.70. The van der Waals surface area contributed by atoms with Gasteiger partial charge in [-0.15, -0.1) is 0 Å². The highest BCUT2D eigenvalue weighted by molar-refractivity contribution is 6.12. The molecular weight excluding hydrogens is 426 g/mol. The molecule has 2 heterocycles. The Bertz CT molecular complexity index is 1670. The van der Waals surface area contributed by atoms with E-state index >= 15 is 0 Å². The molecule has 0 aliphatic carbocycles. The minimum absolute atomic E-state index is 0.913. The average Bonchev–Trinajstić information content (AvgIpc) is 2.94. The largest absolute Gasteiger partial charge is 0.294 e. The number of nitrogens with zero attached hydrogens (tertiary/aromatic N) is 3. The molecule has 3 heteroatoms. The number of benzene rings is 5. The molecule has 0 spiro atoms. The molecule has 1 aliphatic heterocycles. The van der Waals surface area contributed by atoms with Gasteiger partial charge in [0.1, 0.15) is 12.1 Å². The van der Waals surface area contributed by atoms with Gasteiger partial charge in [0, 0.05) is 11.3 Å². The van der Waals surface area contributed by atoms with E-state index < -0.39 is 0 Å². The summed E-state index contributed by atoms with van der Waals surface area (Å²) in [5.74, 6) is 0.913. The Morgan fingerprint density at radius 2 is 1.11 bits per heavy atom. The van der Waals surface area contributed by atoms with Crippen molar-refractivity contribution in [2.24, 2.45) is 0 Å². The van der Waals surface area contributed by atoms with Crippen LogP contribution in [0.25, 0.3) is 44.3 Å². The highest BCUT2D eigenvalue weighted by atomic mass is 15.2. The third-order valence-corrected chi connectivity index (χ3v) is 6.70. The Kier molecular flexibility index (Phi) is 4.46. The standard InChI is InChI=1S/C32H21N3/c1-3-9-22(10-4-1)24-15-17-26(18-16-24)35-30-14-8-7-13-27(30)28-19-25(23-11-5-2-6-12-23)20-29-31(28)32(35)34-21-33-29/h1-21H. The Balaban J connectivity index is 1.44. The fourth-order valence-electron chi connectivity index (χ4n) is 5.06. The summed E-state index contributed by atoms with van der Waals surface area (Å²) < 4.78 is 0. The van der Waals surface area contributed by atoms with Crippen molar-refractivity contribution in [2.45, 2.75) is 0 Å². The van der Waals surface area contributed by atoms with Crippen LogP contribution in [-0.4, -0.2) is 9.97 Å². The van der Waals surface area contributed by atoms with Crippen LogP contribution >= 0.6 is 0 Å². The Labute approximate surface area is 204 Å². The van der Waals surface area contributed by atoms with E-state index in [2.05, 4.69) is 119 Å². The van der Waals surface area contributed by atoms with Gasteiger partial charge in [0.2, 0.25) is 0 Å². The summed E-state index contributed by atoms with van der Waals surface area (Å²) in [7, 11) is 0. The van der Waals surface area contributed by atoms with Gasteiger partial charge in [-0.25, -0.2) is 9.97 Å². The maximum Gasteiger partial charge on any atom is 0.149 e. The zero-order valence-corrected chi connectivity index (χ0v) is 19.0. The number of para-hydroxylation sites is 1. The first-order valence-corrected chi connectivity index (χ1v) is 11.8. The summed E-state index contributed by atoms with van der Waals surface area (Å²) in [5.41, 5.74) is 10.3. The van der Waals surface area contributed by atoms with Crippen LogP contribution in [0.2, 0.25) is 0 Å². The first-order valence-electron chi connectivity index (χ1n) is 11.8. The molecular formula is C32H21N3. The Morgan fingerprint density at radius 1 is 0.486 bits per heavy atom. The molecule has 3 nitrogen and oxygen atoms in total. The van der Waals surface area contributed by atoms with Crippen LogP contribution in [-0.2, 0) is 0 Å². The number of aromatic nitrogens is 2. The first kappa shape index (κ1) is 19.7. The Hall–Kier alpha value is -4.76. The van der Waals surface area contributed by atoms with Crippen molar-refractivity contribution in [1.82, 2.24) is 9.97 Å². The minimum atomic E-state index is 0.913. The van der Waals surface area contributed by atoms with Gasteiger partial charge in [-0.3, -0.25) is 4.90 Å². The van der Waals surface area contributed by atoms with E-state index in [0.717, 1.165) is 33.7 Å². The van der Waals surface area contributed by atoms with Gasteiger partial charge in [-0.05, 0) is 58.1 Å². The number of rotatable bonds is 3. The summed E-state index contributed by atoms with van der Waals surface area (Å²) >= 11 is 0. The number of anilines is 3. The summed E-state index contributed by atoms with van der Waals surface area (Å²) in [5, 5.41) is 1.08. The van der Waals surface area contributed by atoms with Crippen LogP contribution < -0.4 is 4.90 Å². The second kappa shape index (κ2) is 7.93. The normalized spacial score (nSPS) is 11.9. The molecule has 0 N–H and O–H groups in total. The van der Waals surface area contributed by atoms with Gasteiger partial charge in [0.05, 0.1) is 16.6 Å². The third kappa shape index (κ3) is 3.21. The van der Waals surface area contributed by atoms with Gasteiger partial charge in [-0.1, -0.05) is 91.0 Å². The maximum atomic E-state index is 4.79. The monoisotopic (exact) mass is 447 g/mol. The highest BCUT2D eigenvalue weighted by Crippen LogP contribution is 2.50. The number of fused-ring (bicyclic) bond motifs is 2. The average molecular weight is 448 g/mol. The van der Waals surface area contributed by atoms with E-state index in [9.17, 15) is 0 Å². The van der Waals surface area contributed by atoms with E-state index in [1.165, 1.54) is 27.8 Å². The molecule has 164 valence electrons. The molecule has 0 atom stereocenters. The molecule has 0 fully saturated rings. The summed E-state index contributed by atoms with van der Waals surface area (Å²) in [6.07, 6.45) is 1.68. The molecule has 0 unspecified atom stereocenters. The minimum Gasteiger partial charge on any atom is -0.294 e. The maximum absolute atomic E-state index is 4.79. The van der Waals surface area contributed by atoms with Crippen molar-refractivity contribution >= 4 is 28.1 Å². The zero-order valence-electron chi connectivity index (χ0n) is 19.0. The number of hydrogen-bond donors (Lipinski definition) is 0. The number of hydrogen-bond acceptors (Lipinski definition) is 3. The zero-order chi connectivity index (χ0) is 23.2. The molecule has 0 saturated carbocycles. The van der Waals surface area contributed by atoms with Crippen molar-refractivity contribution in [2.75, 3.05) is 4.90 Å². The van der Waals surface area contributed by atoms with Gasteiger partial charge >= 0.3 is 0 Å². The van der Waals surface area contributed by atoms with Crippen molar-refractivity contribution in [3.05, 3.63) is 128 Å². The van der Waals surface area contributed by atoms with Crippen LogP contribution in [0.15, 0.2) is 128 Å². The Morgan fingerprint density at radius 3 is 1.86 bits per heavy atom. The molecule has 35 heavy (non-hydrogen) atoms.